The van der Waals surface area contributed by atoms with Crippen LogP contribution in [-0.4, -0.2) is 13.1 Å². The number of hydrogen-bond acceptors (Lipinski definition) is 1. The minimum atomic E-state index is 0.739. The van der Waals surface area contributed by atoms with Crippen molar-refractivity contribution in [2.24, 2.45) is 29.6 Å². The molecule has 18 heavy (non-hydrogen) atoms. The molecule has 0 radical (unpaired) electrons. The Kier molecular flexibility index (Phi) is 6.79. The first-order valence-electron chi connectivity index (χ1n) is 7.68. The van der Waals surface area contributed by atoms with E-state index in [1.807, 2.05) is 0 Å². The van der Waals surface area contributed by atoms with E-state index < -0.39 is 0 Å². The Hall–Kier alpha value is -0.480. The highest BCUT2D eigenvalue weighted by Crippen LogP contribution is 2.38. The normalized spacial score (nSPS) is 28.6. The molecule has 1 aliphatic carbocycles. The Morgan fingerprint density at radius 2 is 1.89 bits per heavy atom. The zero-order valence-electron chi connectivity index (χ0n) is 12.7. The van der Waals surface area contributed by atoms with E-state index in [0.29, 0.717) is 0 Å². The fourth-order valence-electron chi connectivity index (χ4n) is 3.20. The molecule has 0 saturated heterocycles. The minimum absolute atomic E-state index is 0.739. The summed E-state index contributed by atoms with van der Waals surface area (Å²) in [6.07, 6.45) is 10.6. The molecule has 0 aromatic carbocycles. The number of rotatable bonds is 6. The lowest BCUT2D eigenvalue weighted by atomic mass is 9.69. The van der Waals surface area contributed by atoms with Crippen molar-refractivity contribution < 1.29 is 0 Å². The summed E-state index contributed by atoms with van der Waals surface area (Å²) in [6.45, 7) is 11.5. The highest BCUT2D eigenvalue weighted by molar-refractivity contribution is 4.92. The van der Waals surface area contributed by atoms with Crippen LogP contribution in [0.3, 0.4) is 0 Å². The van der Waals surface area contributed by atoms with Gasteiger partial charge < -0.3 is 5.32 Å². The fraction of sp³-hybridized carbons (Fsp3) is 0.882. The Balaban J connectivity index is 2.44. The Labute approximate surface area is 114 Å². The Morgan fingerprint density at radius 1 is 1.17 bits per heavy atom. The van der Waals surface area contributed by atoms with Crippen LogP contribution in [-0.2, 0) is 0 Å². The molecule has 1 N–H and O–H groups in total. The van der Waals surface area contributed by atoms with Crippen LogP contribution in [0.1, 0.15) is 53.4 Å². The number of nitrogens with one attached hydrogen (secondary N) is 1. The van der Waals surface area contributed by atoms with Gasteiger partial charge in [0.25, 0.3) is 0 Å². The van der Waals surface area contributed by atoms with E-state index in [0.717, 1.165) is 49.1 Å². The van der Waals surface area contributed by atoms with Crippen LogP contribution < -0.4 is 5.32 Å². The van der Waals surface area contributed by atoms with Crippen molar-refractivity contribution in [1.29, 1.82) is 0 Å². The van der Waals surface area contributed by atoms with Gasteiger partial charge in [-0.2, -0.15) is 0 Å². The second-order valence-electron chi connectivity index (χ2n) is 6.80. The summed E-state index contributed by atoms with van der Waals surface area (Å²) in [6, 6.07) is 0. The van der Waals surface area contributed by atoms with Crippen molar-refractivity contribution in [3.05, 3.63) is 0 Å². The molecule has 1 fully saturated rings. The third kappa shape index (κ3) is 5.02. The Bertz CT molecular complexity index is 259. The standard InChI is InChI=1S/C17H31N/c1-6-7-16-10-15(14(4)5)8-9-17(16)12-18-11-13(2)3/h1,13-18H,7-12H2,2-5H3. The third-order valence-electron chi connectivity index (χ3n) is 4.46. The molecule has 1 rings (SSSR count). The number of terminal acetylenes is 1. The van der Waals surface area contributed by atoms with Gasteiger partial charge in [0.05, 0.1) is 0 Å². The molecule has 0 amide bonds. The van der Waals surface area contributed by atoms with Crippen LogP contribution in [0.5, 0.6) is 0 Å². The summed E-state index contributed by atoms with van der Waals surface area (Å²) in [5.74, 6) is 6.89. The molecule has 104 valence electrons. The van der Waals surface area contributed by atoms with Gasteiger partial charge in [0.2, 0.25) is 0 Å². The monoisotopic (exact) mass is 249 g/mol. The van der Waals surface area contributed by atoms with Crippen LogP contribution in [0, 0.1) is 41.9 Å². The van der Waals surface area contributed by atoms with E-state index in [-0.39, 0.29) is 0 Å². The van der Waals surface area contributed by atoms with Crippen LogP contribution in [0.25, 0.3) is 0 Å². The quantitative estimate of drug-likeness (QED) is 0.703. The van der Waals surface area contributed by atoms with Crippen molar-refractivity contribution in [2.45, 2.75) is 53.4 Å². The first kappa shape index (κ1) is 15.6. The second-order valence-corrected chi connectivity index (χ2v) is 6.80. The summed E-state index contributed by atoms with van der Waals surface area (Å²) < 4.78 is 0. The molecular weight excluding hydrogens is 218 g/mol. The van der Waals surface area contributed by atoms with Crippen molar-refractivity contribution in [2.75, 3.05) is 13.1 Å². The molecule has 3 atom stereocenters. The van der Waals surface area contributed by atoms with Crippen LogP contribution in [0.15, 0.2) is 0 Å². The molecule has 1 saturated carbocycles. The maximum atomic E-state index is 5.55. The summed E-state index contributed by atoms with van der Waals surface area (Å²) >= 11 is 0. The first-order chi connectivity index (χ1) is 8.54. The van der Waals surface area contributed by atoms with Crippen molar-refractivity contribution in [3.8, 4) is 12.3 Å². The van der Waals surface area contributed by atoms with Gasteiger partial charge in [-0.25, -0.2) is 0 Å². The SMILES string of the molecule is C#CCC1CC(C(C)C)CCC1CNCC(C)C. The first-order valence-corrected chi connectivity index (χ1v) is 7.68. The van der Waals surface area contributed by atoms with E-state index in [1.165, 1.54) is 19.3 Å². The fourth-order valence-corrected chi connectivity index (χ4v) is 3.20. The average Bonchev–Trinajstić information content (AvgIpc) is 2.30. The summed E-state index contributed by atoms with van der Waals surface area (Å²) in [5.41, 5.74) is 0. The summed E-state index contributed by atoms with van der Waals surface area (Å²) in [5, 5.41) is 3.62. The third-order valence-corrected chi connectivity index (χ3v) is 4.46. The smallest absolute Gasteiger partial charge is 0.0118 e. The van der Waals surface area contributed by atoms with Crippen molar-refractivity contribution in [3.63, 3.8) is 0 Å². The summed E-state index contributed by atoms with van der Waals surface area (Å²) in [7, 11) is 0. The molecule has 0 aliphatic heterocycles. The lowest BCUT2D eigenvalue weighted by Crippen LogP contribution is -2.35. The molecule has 0 aromatic heterocycles. The highest BCUT2D eigenvalue weighted by atomic mass is 14.9. The van der Waals surface area contributed by atoms with Crippen LogP contribution in [0.4, 0.5) is 0 Å². The molecule has 1 nitrogen and oxygen atoms in total. The molecule has 0 spiro atoms. The average molecular weight is 249 g/mol. The van der Waals surface area contributed by atoms with E-state index in [9.17, 15) is 0 Å². The zero-order chi connectivity index (χ0) is 13.5. The lowest BCUT2D eigenvalue weighted by Gasteiger charge is -2.37. The highest BCUT2D eigenvalue weighted by Gasteiger charge is 2.30. The van der Waals surface area contributed by atoms with Gasteiger partial charge in [0, 0.05) is 6.42 Å². The predicted octanol–water partition coefficient (Wildman–Crippen LogP) is 3.94. The van der Waals surface area contributed by atoms with Gasteiger partial charge in [0.15, 0.2) is 0 Å². The molecule has 0 aromatic rings. The van der Waals surface area contributed by atoms with Gasteiger partial charge >= 0.3 is 0 Å². The predicted molar refractivity (Wildman–Crippen MR) is 80.3 cm³/mol. The zero-order valence-corrected chi connectivity index (χ0v) is 12.7. The maximum Gasteiger partial charge on any atom is 0.0118 e. The van der Waals surface area contributed by atoms with Crippen molar-refractivity contribution >= 4 is 0 Å². The molecule has 1 heteroatoms. The van der Waals surface area contributed by atoms with Crippen LogP contribution >= 0.6 is 0 Å². The second kappa shape index (κ2) is 7.85. The molecule has 3 unspecified atom stereocenters. The van der Waals surface area contributed by atoms with E-state index in [2.05, 4.69) is 38.9 Å². The van der Waals surface area contributed by atoms with E-state index in [1.54, 1.807) is 0 Å². The lowest BCUT2D eigenvalue weighted by molar-refractivity contribution is 0.147. The molecule has 1 aliphatic rings. The minimum Gasteiger partial charge on any atom is -0.316 e. The maximum absolute atomic E-state index is 5.55. The van der Waals surface area contributed by atoms with Gasteiger partial charge in [0.1, 0.15) is 0 Å². The van der Waals surface area contributed by atoms with Gasteiger partial charge in [-0.15, -0.1) is 12.3 Å². The summed E-state index contributed by atoms with van der Waals surface area (Å²) in [4.78, 5) is 0. The molecule has 0 heterocycles. The largest absolute Gasteiger partial charge is 0.316 e. The van der Waals surface area contributed by atoms with Gasteiger partial charge in [-0.05, 0) is 61.9 Å². The number of hydrogen-bond donors (Lipinski definition) is 1. The van der Waals surface area contributed by atoms with Crippen LogP contribution in [0.2, 0.25) is 0 Å². The van der Waals surface area contributed by atoms with E-state index in [4.69, 9.17) is 6.42 Å². The topological polar surface area (TPSA) is 12.0 Å². The molecular formula is C17H31N. The van der Waals surface area contributed by atoms with Gasteiger partial charge in [-0.3, -0.25) is 0 Å². The van der Waals surface area contributed by atoms with Gasteiger partial charge in [-0.1, -0.05) is 27.7 Å². The van der Waals surface area contributed by atoms with Crippen molar-refractivity contribution in [1.82, 2.24) is 5.32 Å². The molecule has 0 bridgehead atoms. The van der Waals surface area contributed by atoms with E-state index >= 15 is 0 Å². The Morgan fingerprint density at radius 3 is 2.44 bits per heavy atom.